The van der Waals surface area contributed by atoms with Crippen molar-refractivity contribution in [3.8, 4) is 5.75 Å². The molecule has 5 unspecified atom stereocenters. The van der Waals surface area contributed by atoms with Crippen molar-refractivity contribution in [3.63, 3.8) is 0 Å². The Labute approximate surface area is 396 Å². The summed E-state index contributed by atoms with van der Waals surface area (Å²) in [5, 5.41) is 1.37. The normalized spacial score (nSPS) is 27.1. The van der Waals surface area contributed by atoms with E-state index in [1.165, 1.54) is 73.5 Å². The zero-order valence-corrected chi connectivity index (χ0v) is 42.2. The van der Waals surface area contributed by atoms with Gasteiger partial charge in [-0.1, -0.05) is 156 Å². The van der Waals surface area contributed by atoms with Crippen molar-refractivity contribution in [3.05, 3.63) is 148 Å². The van der Waals surface area contributed by atoms with Gasteiger partial charge in [0.2, 0.25) is 0 Å². The summed E-state index contributed by atoms with van der Waals surface area (Å²) < 4.78 is 10.2. The third-order valence-electron chi connectivity index (χ3n) is 17.5. The van der Waals surface area contributed by atoms with Gasteiger partial charge >= 0.3 is 0 Å². The number of allylic oxidation sites excluding steroid dienone is 10. The second kappa shape index (κ2) is 15.0. The molecule has 11 rings (SSSR count). The third-order valence-corrected chi connectivity index (χ3v) is 17.5. The first-order chi connectivity index (χ1) is 31.4. The minimum Gasteiger partial charge on any atom is -0.457 e. The Morgan fingerprint density at radius 3 is 2.18 bits per heavy atom. The highest BCUT2D eigenvalue weighted by atomic mass is 16.5. The van der Waals surface area contributed by atoms with Crippen molar-refractivity contribution in [2.45, 2.75) is 164 Å². The zero-order valence-electron chi connectivity index (χ0n) is 42.2. The van der Waals surface area contributed by atoms with Crippen LogP contribution in [0, 0.1) is 28.1 Å². The van der Waals surface area contributed by atoms with Gasteiger partial charge in [-0.3, -0.25) is 0 Å². The molecule has 4 aliphatic carbocycles. The van der Waals surface area contributed by atoms with Gasteiger partial charge in [-0.25, -0.2) is 0 Å². The van der Waals surface area contributed by atoms with Crippen LogP contribution in [0.3, 0.4) is 0 Å². The van der Waals surface area contributed by atoms with Crippen LogP contribution in [0.1, 0.15) is 156 Å². The van der Waals surface area contributed by atoms with E-state index in [-0.39, 0.29) is 45.3 Å². The summed E-state index contributed by atoms with van der Waals surface area (Å²) in [6.07, 6.45) is 25.4. The fraction of sp³-hybridized carbons (Fsp3) is 0.484. The number of hydrogen-bond acceptors (Lipinski definition) is 3. The Hall–Kier alpha value is -4.96. The minimum absolute atomic E-state index is 0.0113. The van der Waals surface area contributed by atoms with Crippen molar-refractivity contribution >= 4 is 33.9 Å². The number of ether oxygens (including phenoxy) is 1. The quantitative estimate of drug-likeness (QED) is 0.193. The molecule has 0 spiro atoms. The summed E-state index contributed by atoms with van der Waals surface area (Å²) in [6, 6.07) is 26.3. The van der Waals surface area contributed by atoms with Crippen molar-refractivity contribution < 1.29 is 4.74 Å². The molecule has 4 heterocycles. The Morgan fingerprint density at radius 2 is 1.50 bits per heavy atom. The molecule has 0 radical (unpaired) electrons. The lowest BCUT2D eigenvalue weighted by Gasteiger charge is -2.49. The number of nitrogens with zero attached hydrogens (tertiary/aromatic N) is 3. The van der Waals surface area contributed by atoms with E-state index >= 15 is 0 Å². The molecule has 3 aliphatic heterocycles. The lowest BCUT2D eigenvalue weighted by Crippen LogP contribution is -2.55. The molecule has 1 aromatic heterocycles. The first kappa shape index (κ1) is 43.6. The summed E-state index contributed by atoms with van der Waals surface area (Å²) >= 11 is 0. The van der Waals surface area contributed by atoms with E-state index in [1.807, 2.05) is 0 Å². The van der Waals surface area contributed by atoms with E-state index in [1.54, 1.807) is 0 Å². The third kappa shape index (κ3) is 6.35. The molecule has 3 aromatic carbocycles. The maximum absolute atomic E-state index is 7.42. The molecular weight excluding hydrogens is 803 g/mol. The molecule has 344 valence electrons. The largest absolute Gasteiger partial charge is 0.457 e. The molecule has 6 atom stereocenters. The Balaban J connectivity index is 1.22. The summed E-state index contributed by atoms with van der Waals surface area (Å²) in [4.78, 5) is 6.00. The standard InChI is InChI=1S/C62H75N3O/c1-13-62-52-49(65-56(60(8,9)10)55(59(5,6)7)64(57(62)65)44-27-20-26-43(38-44)61(11,12)41-24-18-15-19-25-41)28-21-29-50(52)66-51-35-33-46-47-36-40(39-22-16-14-17-23-39)30-34-48(47)63(54(46)53(51)62)45-32-31-42(37-45)58(2,3)4/h14-20,22-24,26-27,29,33,35-38,41-42,55-57H,13,21,25,28,30-32,34H2,1-12H3/t41?,42?,55?,56?,57?,62-/m1/s1. The summed E-state index contributed by atoms with van der Waals surface area (Å²) in [5.74, 6) is 3.13. The van der Waals surface area contributed by atoms with Crippen LogP contribution in [0.2, 0.25) is 0 Å². The van der Waals surface area contributed by atoms with Crippen LogP contribution in [0.5, 0.6) is 5.75 Å². The van der Waals surface area contributed by atoms with Crippen LogP contribution >= 0.6 is 0 Å². The topological polar surface area (TPSA) is 20.6 Å². The molecule has 4 nitrogen and oxygen atoms in total. The first-order valence-electron chi connectivity index (χ1n) is 25.7. The summed E-state index contributed by atoms with van der Waals surface area (Å²) in [6.45, 7) is 29.8. The smallest absolute Gasteiger partial charge is 0.133 e. The Kier molecular flexibility index (Phi) is 9.92. The van der Waals surface area contributed by atoms with E-state index in [0.29, 0.717) is 11.8 Å². The minimum atomic E-state index is -0.367. The molecule has 7 aliphatic rings. The predicted octanol–water partition coefficient (Wildman–Crippen LogP) is 15.8. The first-order valence-corrected chi connectivity index (χ1v) is 25.7. The maximum Gasteiger partial charge on any atom is 0.133 e. The van der Waals surface area contributed by atoms with Crippen molar-refractivity contribution in [1.82, 2.24) is 9.47 Å². The predicted molar refractivity (Wildman–Crippen MR) is 278 cm³/mol. The summed E-state index contributed by atoms with van der Waals surface area (Å²) in [5.41, 5.74) is 15.5. The molecule has 0 N–H and O–H groups in total. The van der Waals surface area contributed by atoms with Crippen LogP contribution in [-0.4, -0.2) is 27.7 Å². The number of fused-ring (bicyclic) bond motifs is 9. The van der Waals surface area contributed by atoms with E-state index in [0.717, 1.165) is 56.5 Å². The van der Waals surface area contributed by atoms with E-state index in [9.17, 15) is 0 Å². The lowest BCUT2D eigenvalue weighted by molar-refractivity contribution is 0.103. The molecule has 0 amide bonds. The van der Waals surface area contributed by atoms with Crippen molar-refractivity contribution in [1.29, 1.82) is 0 Å². The van der Waals surface area contributed by atoms with Gasteiger partial charge < -0.3 is 19.1 Å². The van der Waals surface area contributed by atoms with Gasteiger partial charge in [0, 0.05) is 44.9 Å². The van der Waals surface area contributed by atoms with Crippen LogP contribution in [-0.2, 0) is 17.3 Å². The van der Waals surface area contributed by atoms with Crippen LogP contribution in [0.4, 0.5) is 5.69 Å². The van der Waals surface area contributed by atoms with Gasteiger partial charge in [0.25, 0.3) is 0 Å². The molecule has 0 saturated carbocycles. The second-order valence-electron chi connectivity index (χ2n) is 24.8. The highest BCUT2D eigenvalue weighted by Crippen LogP contribution is 2.67. The Bertz CT molecular complexity index is 2820. The van der Waals surface area contributed by atoms with Gasteiger partial charge in [-0.15, -0.1) is 0 Å². The number of rotatable bonds is 6. The van der Waals surface area contributed by atoms with Crippen molar-refractivity contribution in [2.75, 3.05) is 4.90 Å². The van der Waals surface area contributed by atoms with Gasteiger partial charge in [0.05, 0.1) is 23.0 Å². The van der Waals surface area contributed by atoms with Gasteiger partial charge in [0.15, 0.2) is 0 Å². The zero-order chi connectivity index (χ0) is 46.3. The number of hydrogen-bond donors (Lipinski definition) is 0. The number of anilines is 1. The highest BCUT2D eigenvalue weighted by Gasteiger charge is 2.69. The fourth-order valence-electron chi connectivity index (χ4n) is 14.2. The van der Waals surface area contributed by atoms with Gasteiger partial charge in [-0.05, 0) is 138 Å². The molecule has 66 heavy (non-hydrogen) atoms. The lowest BCUT2D eigenvalue weighted by atomic mass is 9.66. The molecule has 0 bridgehead atoms. The van der Waals surface area contributed by atoms with E-state index in [2.05, 4.69) is 207 Å². The van der Waals surface area contributed by atoms with Crippen LogP contribution in [0.25, 0.3) is 28.2 Å². The maximum atomic E-state index is 7.42. The summed E-state index contributed by atoms with van der Waals surface area (Å²) in [7, 11) is 0. The molecule has 4 heteroatoms. The van der Waals surface area contributed by atoms with E-state index < -0.39 is 0 Å². The average molecular weight is 878 g/mol. The number of aromatic nitrogens is 1. The monoisotopic (exact) mass is 878 g/mol. The van der Waals surface area contributed by atoms with Crippen molar-refractivity contribution in [2.24, 2.45) is 28.1 Å². The van der Waals surface area contributed by atoms with Gasteiger partial charge in [-0.2, -0.15) is 0 Å². The molecule has 1 saturated heterocycles. The van der Waals surface area contributed by atoms with Crippen LogP contribution in [0.15, 0.2) is 120 Å². The molecular formula is C62H75N3O. The average Bonchev–Trinajstić information content (AvgIpc) is 4.07. The number of benzene rings is 3. The van der Waals surface area contributed by atoms with Gasteiger partial charge in [0.1, 0.15) is 17.7 Å². The molecule has 4 aromatic rings. The highest BCUT2D eigenvalue weighted by molar-refractivity contribution is 6.03. The SMILES string of the molecule is CC[C@@]12C3=C(CCC=C3Oc3ccc4c5c(n(C6=CC(C(C)(C)C)CC6)c4c31)CCC(c1ccccc1)=C5)N1C(C(C)(C)C)C(C(C)(C)C)N(c3cccc(C(C)(C)C4C=CC=CC4)c3)C12. The molecule has 1 fully saturated rings. The van der Waals surface area contributed by atoms with Crippen LogP contribution < -0.4 is 9.64 Å². The Morgan fingerprint density at radius 1 is 0.742 bits per heavy atom. The van der Waals surface area contributed by atoms with E-state index in [4.69, 9.17) is 4.74 Å². The fourth-order valence-corrected chi connectivity index (χ4v) is 14.2. The second-order valence-corrected chi connectivity index (χ2v) is 24.8.